The van der Waals surface area contributed by atoms with Gasteiger partial charge < -0.3 is 16.4 Å². The van der Waals surface area contributed by atoms with Crippen LogP contribution in [0.5, 0.6) is 0 Å². The fourth-order valence-corrected chi connectivity index (χ4v) is 2.11. The number of hydrogen-bond donors (Lipinski definition) is 3. The van der Waals surface area contributed by atoms with Gasteiger partial charge in [-0.3, -0.25) is 4.79 Å². The summed E-state index contributed by atoms with van der Waals surface area (Å²) < 4.78 is 37.0. The molecule has 0 aliphatic heterocycles. The molecule has 2 aromatic carbocycles. The van der Waals surface area contributed by atoms with Crippen LogP contribution in [-0.4, -0.2) is 13.5 Å². The van der Waals surface area contributed by atoms with Crippen molar-refractivity contribution in [3.05, 3.63) is 59.2 Å². The number of carbonyl (C=O) groups excluding carboxylic acids is 1. The van der Waals surface area contributed by atoms with Crippen LogP contribution in [-0.2, 0) is 11.0 Å². The van der Waals surface area contributed by atoms with E-state index in [1.54, 1.807) is 6.92 Å². The summed E-state index contributed by atoms with van der Waals surface area (Å²) in [4.78, 5) is 10.1. The molecule has 0 radical (unpaired) electrons. The van der Waals surface area contributed by atoms with Gasteiger partial charge >= 0.3 is 6.18 Å². The lowest BCUT2D eigenvalue weighted by molar-refractivity contribution is -0.137. The molecule has 0 saturated heterocycles. The number of nitrogens with one attached hydrogen (secondary N) is 2. The zero-order valence-electron chi connectivity index (χ0n) is 14.3. The lowest BCUT2D eigenvalue weighted by Gasteiger charge is -2.13. The third kappa shape index (κ3) is 6.02. The molecule has 2 rings (SSSR count). The summed E-state index contributed by atoms with van der Waals surface area (Å²) >= 11 is 0. The average Bonchev–Trinajstić information content (AvgIpc) is 2.58. The molecule has 0 aliphatic carbocycles. The quantitative estimate of drug-likeness (QED) is 0.572. The second-order valence-corrected chi connectivity index (χ2v) is 5.42. The van der Waals surface area contributed by atoms with Crippen molar-refractivity contribution in [1.82, 2.24) is 5.32 Å². The van der Waals surface area contributed by atoms with E-state index in [0.717, 1.165) is 24.1 Å². The van der Waals surface area contributed by atoms with Crippen LogP contribution in [0.15, 0.2) is 42.5 Å². The smallest absolute Gasteiger partial charge is 0.397 e. The summed E-state index contributed by atoms with van der Waals surface area (Å²) in [7, 11) is 1.53. The van der Waals surface area contributed by atoms with Gasteiger partial charge in [0.2, 0.25) is 6.41 Å². The predicted molar refractivity (Wildman–Crippen MR) is 94.2 cm³/mol. The second-order valence-electron chi connectivity index (χ2n) is 5.42. The minimum atomic E-state index is -4.33. The third-order valence-electron chi connectivity index (χ3n) is 3.60. The number of amides is 1. The van der Waals surface area contributed by atoms with Crippen molar-refractivity contribution < 1.29 is 18.0 Å². The van der Waals surface area contributed by atoms with Crippen molar-refractivity contribution in [3.63, 3.8) is 0 Å². The van der Waals surface area contributed by atoms with E-state index >= 15 is 0 Å². The SMILES string of the molecule is CNc1cc(C(F)(F)F)cc(C)c1N.C[C@H](NC=O)c1ccccc1. The number of aryl methyl sites for hydroxylation is 1. The van der Waals surface area contributed by atoms with Crippen molar-refractivity contribution >= 4 is 17.8 Å². The van der Waals surface area contributed by atoms with Gasteiger partial charge in [0.1, 0.15) is 0 Å². The highest BCUT2D eigenvalue weighted by atomic mass is 19.4. The van der Waals surface area contributed by atoms with Crippen LogP contribution < -0.4 is 16.4 Å². The Morgan fingerprint density at radius 2 is 1.76 bits per heavy atom. The van der Waals surface area contributed by atoms with Gasteiger partial charge in [-0.25, -0.2) is 0 Å². The average molecular weight is 353 g/mol. The van der Waals surface area contributed by atoms with E-state index in [1.165, 1.54) is 7.05 Å². The van der Waals surface area contributed by atoms with Gasteiger partial charge in [0.05, 0.1) is 23.0 Å². The highest BCUT2D eigenvalue weighted by Gasteiger charge is 2.31. The van der Waals surface area contributed by atoms with Crippen molar-refractivity contribution in [3.8, 4) is 0 Å². The summed E-state index contributed by atoms with van der Waals surface area (Å²) in [5, 5.41) is 5.30. The Bertz CT molecular complexity index is 688. The lowest BCUT2D eigenvalue weighted by Crippen LogP contribution is -2.15. The molecule has 0 spiro atoms. The standard InChI is InChI=1S/C9H11F3N2.C9H11NO/c1-5-3-6(9(10,11)12)4-7(14-2)8(5)13;1-8(10-7-11)9-5-3-2-4-6-9/h3-4,14H,13H2,1-2H3;2-8H,1H3,(H,10,11)/t;8-/m.0/s1. The number of hydrogen-bond acceptors (Lipinski definition) is 3. The predicted octanol–water partition coefficient (Wildman–Crippen LogP) is 4.13. The molecule has 1 amide bonds. The second kappa shape index (κ2) is 8.96. The zero-order valence-corrected chi connectivity index (χ0v) is 14.3. The molecule has 0 aromatic heterocycles. The molecule has 4 N–H and O–H groups in total. The van der Waals surface area contributed by atoms with E-state index in [0.29, 0.717) is 16.9 Å². The largest absolute Gasteiger partial charge is 0.416 e. The molecule has 0 bridgehead atoms. The van der Waals surface area contributed by atoms with E-state index in [4.69, 9.17) is 5.73 Å². The van der Waals surface area contributed by atoms with Crippen LogP contribution in [0.2, 0.25) is 0 Å². The molecule has 25 heavy (non-hydrogen) atoms. The Hall–Kier alpha value is -2.70. The number of halogens is 3. The molecular weight excluding hydrogens is 331 g/mol. The van der Waals surface area contributed by atoms with E-state index in [1.807, 2.05) is 37.3 Å². The minimum absolute atomic E-state index is 0.105. The van der Waals surface area contributed by atoms with Crippen LogP contribution in [0.1, 0.15) is 29.7 Å². The summed E-state index contributed by atoms with van der Waals surface area (Å²) in [5.41, 5.74) is 7.08. The normalized spacial score (nSPS) is 11.8. The van der Waals surface area contributed by atoms with E-state index in [2.05, 4.69) is 10.6 Å². The molecule has 1 atom stereocenters. The highest BCUT2D eigenvalue weighted by molar-refractivity contribution is 5.70. The summed E-state index contributed by atoms with van der Waals surface area (Å²) in [6, 6.07) is 12.0. The zero-order chi connectivity index (χ0) is 19.0. The molecule has 136 valence electrons. The van der Waals surface area contributed by atoms with Crippen LogP contribution >= 0.6 is 0 Å². The van der Waals surface area contributed by atoms with E-state index in [9.17, 15) is 18.0 Å². The Labute approximate surface area is 145 Å². The third-order valence-corrected chi connectivity index (χ3v) is 3.60. The maximum atomic E-state index is 12.3. The number of rotatable bonds is 4. The Kier molecular flexibility index (Phi) is 7.29. The first-order chi connectivity index (χ1) is 11.7. The van der Waals surface area contributed by atoms with Gasteiger partial charge in [0.15, 0.2) is 0 Å². The van der Waals surface area contributed by atoms with Crippen LogP contribution in [0.4, 0.5) is 24.5 Å². The van der Waals surface area contributed by atoms with Crippen molar-refractivity contribution in [1.29, 1.82) is 0 Å². The lowest BCUT2D eigenvalue weighted by atomic mass is 10.1. The van der Waals surface area contributed by atoms with Crippen molar-refractivity contribution in [2.75, 3.05) is 18.1 Å². The van der Waals surface area contributed by atoms with Crippen molar-refractivity contribution in [2.45, 2.75) is 26.1 Å². The van der Waals surface area contributed by atoms with Gasteiger partial charge in [0.25, 0.3) is 0 Å². The number of benzene rings is 2. The first-order valence-electron chi connectivity index (χ1n) is 7.60. The molecule has 0 saturated carbocycles. The number of alkyl halides is 3. The molecule has 7 heteroatoms. The van der Waals surface area contributed by atoms with Crippen LogP contribution in [0.25, 0.3) is 0 Å². The highest BCUT2D eigenvalue weighted by Crippen LogP contribution is 2.34. The maximum Gasteiger partial charge on any atom is 0.416 e. The summed E-state index contributed by atoms with van der Waals surface area (Å²) in [6.45, 7) is 3.50. The fourth-order valence-electron chi connectivity index (χ4n) is 2.11. The summed E-state index contributed by atoms with van der Waals surface area (Å²) in [5.74, 6) is 0. The van der Waals surface area contributed by atoms with E-state index in [-0.39, 0.29) is 6.04 Å². The first-order valence-corrected chi connectivity index (χ1v) is 7.60. The van der Waals surface area contributed by atoms with Crippen LogP contribution in [0.3, 0.4) is 0 Å². The fraction of sp³-hybridized carbons (Fsp3) is 0.278. The maximum absolute atomic E-state index is 12.3. The van der Waals surface area contributed by atoms with Gasteiger partial charge in [-0.2, -0.15) is 13.2 Å². The van der Waals surface area contributed by atoms with Gasteiger partial charge in [-0.05, 0) is 37.1 Å². The Morgan fingerprint density at radius 3 is 2.24 bits per heavy atom. The monoisotopic (exact) mass is 353 g/mol. The molecule has 4 nitrogen and oxygen atoms in total. The van der Waals surface area contributed by atoms with Gasteiger partial charge in [-0.15, -0.1) is 0 Å². The first kappa shape index (κ1) is 20.3. The molecular formula is C18H22F3N3O. The van der Waals surface area contributed by atoms with E-state index < -0.39 is 11.7 Å². The van der Waals surface area contributed by atoms with Gasteiger partial charge in [-0.1, -0.05) is 30.3 Å². The Morgan fingerprint density at radius 1 is 1.16 bits per heavy atom. The number of carbonyl (C=O) groups is 1. The molecule has 2 aromatic rings. The van der Waals surface area contributed by atoms with Crippen LogP contribution in [0, 0.1) is 6.92 Å². The topological polar surface area (TPSA) is 67.2 Å². The molecule has 0 heterocycles. The van der Waals surface area contributed by atoms with Gasteiger partial charge in [0, 0.05) is 7.05 Å². The number of anilines is 2. The van der Waals surface area contributed by atoms with Crippen molar-refractivity contribution in [2.24, 2.45) is 0 Å². The summed E-state index contributed by atoms with van der Waals surface area (Å²) in [6.07, 6.45) is -3.61. The number of nitrogens with two attached hydrogens (primary N) is 1. The molecule has 0 fully saturated rings. The molecule has 0 aliphatic rings. The minimum Gasteiger partial charge on any atom is -0.397 e. The number of nitrogen functional groups attached to an aromatic ring is 1. The molecule has 0 unspecified atom stereocenters. The Balaban J connectivity index is 0.000000257.